The number of nitrogens with zero attached hydrogens (tertiary/aromatic N) is 3. The van der Waals surface area contributed by atoms with E-state index in [2.05, 4.69) is 9.97 Å². The van der Waals surface area contributed by atoms with Crippen LogP contribution in [-0.4, -0.2) is 37.2 Å². The summed E-state index contributed by atoms with van der Waals surface area (Å²) in [6, 6.07) is 0. The highest BCUT2D eigenvalue weighted by atomic mass is 32.2. The first kappa shape index (κ1) is 13.1. The summed E-state index contributed by atoms with van der Waals surface area (Å²) in [5.74, 6) is 0.582. The van der Waals surface area contributed by atoms with Gasteiger partial charge in [-0.05, 0) is 19.3 Å². The van der Waals surface area contributed by atoms with Crippen LogP contribution in [0.3, 0.4) is 0 Å². The van der Waals surface area contributed by atoms with E-state index in [1.807, 2.05) is 4.90 Å². The molecule has 7 heteroatoms. The van der Waals surface area contributed by atoms with Crippen LogP contribution in [0.5, 0.6) is 0 Å². The zero-order valence-corrected chi connectivity index (χ0v) is 11.3. The third-order valence-electron chi connectivity index (χ3n) is 3.12. The molecule has 6 nitrogen and oxygen atoms in total. The van der Waals surface area contributed by atoms with Gasteiger partial charge in [0.2, 0.25) is 5.95 Å². The maximum absolute atomic E-state index is 11.7. The van der Waals surface area contributed by atoms with E-state index in [1.54, 1.807) is 6.92 Å². The summed E-state index contributed by atoms with van der Waals surface area (Å²) in [5.41, 5.74) is 5.73. The number of aromatic nitrogens is 2. The van der Waals surface area contributed by atoms with Gasteiger partial charge in [-0.2, -0.15) is 4.98 Å². The summed E-state index contributed by atoms with van der Waals surface area (Å²) in [6.45, 7) is 3.38. The van der Waals surface area contributed by atoms with Gasteiger partial charge in [-0.3, -0.25) is 0 Å². The fraction of sp³-hybridized carbons (Fsp3) is 0.636. The molecule has 1 saturated heterocycles. The number of rotatable bonds is 3. The fourth-order valence-corrected chi connectivity index (χ4v) is 2.90. The van der Waals surface area contributed by atoms with Crippen LogP contribution in [0.25, 0.3) is 0 Å². The van der Waals surface area contributed by atoms with Gasteiger partial charge in [-0.15, -0.1) is 0 Å². The van der Waals surface area contributed by atoms with Gasteiger partial charge in [-0.25, -0.2) is 13.4 Å². The summed E-state index contributed by atoms with van der Waals surface area (Å²) in [5, 5.41) is 0. The first-order valence-corrected chi connectivity index (χ1v) is 7.80. The molecule has 2 rings (SSSR count). The van der Waals surface area contributed by atoms with Crippen molar-refractivity contribution in [2.45, 2.75) is 31.1 Å². The second-order valence-electron chi connectivity index (χ2n) is 4.37. The van der Waals surface area contributed by atoms with Crippen LogP contribution in [0.1, 0.15) is 26.2 Å². The summed E-state index contributed by atoms with van der Waals surface area (Å²) in [7, 11) is -3.34. The largest absolute Gasteiger partial charge is 0.382 e. The smallest absolute Gasteiger partial charge is 0.227 e. The molecule has 1 aromatic heterocycles. The molecular weight excluding hydrogens is 252 g/mol. The van der Waals surface area contributed by atoms with Crippen molar-refractivity contribution in [1.29, 1.82) is 0 Å². The molecule has 100 valence electrons. The van der Waals surface area contributed by atoms with Gasteiger partial charge in [-0.1, -0.05) is 6.92 Å². The van der Waals surface area contributed by atoms with E-state index in [-0.39, 0.29) is 16.5 Å². The van der Waals surface area contributed by atoms with Crippen molar-refractivity contribution in [1.82, 2.24) is 9.97 Å². The van der Waals surface area contributed by atoms with Crippen molar-refractivity contribution in [2.24, 2.45) is 0 Å². The molecule has 0 aromatic carbocycles. The van der Waals surface area contributed by atoms with Crippen LogP contribution < -0.4 is 10.6 Å². The molecular formula is C11H18N4O2S. The van der Waals surface area contributed by atoms with E-state index < -0.39 is 9.84 Å². The predicted molar refractivity (Wildman–Crippen MR) is 70.2 cm³/mol. The van der Waals surface area contributed by atoms with Crippen molar-refractivity contribution < 1.29 is 8.42 Å². The SMILES string of the molecule is CCS(=O)(=O)c1cnc(N2CCCCC2)nc1N. The van der Waals surface area contributed by atoms with E-state index in [1.165, 1.54) is 12.6 Å². The lowest BCUT2D eigenvalue weighted by Crippen LogP contribution is -2.31. The van der Waals surface area contributed by atoms with E-state index in [9.17, 15) is 8.42 Å². The summed E-state index contributed by atoms with van der Waals surface area (Å²) >= 11 is 0. The van der Waals surface area contributed by atoms with Gasteiger partial charge in [0.05, 0.1) is 11.9 Å². The quantitative estimate of drug-likeness (QED) is 0.875. The van der Waals surface area contributed by atoms with E-state index in [0.717, 1.165) is 25.9 Å². The number of nitrogens with two attached hydrogens (primary N) is 1. The summed E-state index contributed by atoms with van der Waals surface area (Å²) < 4.78 is 23.5. The van der Waals surface area contributed by atoms with Gasteiger partial charge in [0.1, 0.15) is 10.7 Å². The minimum atomic E-state index is -3.34. The third-order valence-corrected chi connectivity index (χ3v) is 4.87. The standard InChI is InChI=1S/C11H18N4O2S/c1-2-18(16,17)9-8-13-11(14-10(9)12)15-6-4-3-5-7-15/h8H,2-7H2,1H3,(H2,12,13,14). The first-order chi connectivity index (χ1) is 8.54. The lowest BCUT2D eigenvalue weighted by molar-refractivity contribution is 0.567. The van der Waals surface area contributed by atoms with Crippen LogP contribution >= 0.6 is 0 Å². The van der Waals surface area contributed by atoms with Crippen LogP contribution in [-0.2, 0) is 9.84 Å². The first-order valence-electron chi connectivity index (χ1n) is 6.15. The lowest BCUT2D eigenvalue weighted by atomic mass is 10.1. The molecule has 18 heavy (non-hydrogen) atoms. The molecule has 0 radical (unpaired) electrons. The average Bonchev–Trinajstić information content (AvgIpc) is 2.39. The van der Waals surface area contributed by atoms with E-state index >= 15 is 0 Å². The maximum Gasteiger partial charge on any atom is 0.227 e. The summed E-state index contributed by atoms with van der Waals surface area (Å²) in [6.07, 6.45) is 4.76. The molecule has 0 spiro atoms. The van der Waals surface area contributed by atoms with Crippen molar-refractivity contribution in [3.63, 3.8) is 0 Å². The molecule has 1 aromatic rings. The summed E-state index contributed by atoms with van der Waals surface area (Å²) in [4.78, 5) is 10.3. The van der Waals surface area contributed by atoms with Crippen LogP contribution in [0.15, 0.2) is 11.1 Å². The Labute approximate surface area is 107 Å². The van der Waals surface area contributed by atoms with Crippen molar-refractivity contribution in [3.05, 3.63) is 6.20 Å². The predicted octanol–water partition coefficient (Wildman–Crippen LogP) is 0.843. The minimum Gasteiger partial charge on any atom is -0.382 e. The number of sulfone groups is 1. The van der Waals surface area contributed by atoms with Gasteiger partial charge < -0.3 is 10.6 Å². The Balaban J connectivity index is 2.30. The Kier molecular flexibility index (Phi) is 3.70. The second kappa shape index (κ2) is 5.09. The zero-order valence-electron chi connectivity index (χ0n) is 10.5. The van der Waals surface area contributed by atoms with Crippen molar-refractivity contribution >= 4 is 21.6 Å². The van der Waals surface area contributed by atoms with Crippen LogP contribution in [0.4, 0.5) is 11.8 Å². The van der Waals surface area contributed by atoms with Gasteiger partial charge in [0.15, 0.2) is 9.84 Å². The molecule has 2 N–H and O–H groups in total. The second-order valence-corrected chi connectivity index (χ2v) is 6.62. The van der Waals surface area contributed by atoms with Gasteiger partial charge in [0.25, 0.3) is 0 Å². The molecule has 0 bridgehead atoms. The number of hydrogen-bond acceptors (Lipinski definition) is 6. The van der Waals surface area contributed by atoms with E-state index in [0.29, 0.717) is 5.95 Å². The Morgan fingerprint density at radius 3 is 2.56 bits per heavy atom. The van der Waals surface area contributed by atoms with Crippen molar-refractivity contribution in [3.8, 4) is 0 Å². The Morgan fingerprint density at radius 2 is 2.00 bits per heavy atom. The number of nitrogen functional groups attached to an aromatic ring is 1. The highest BCUT2D eigenvalue weighted by molar-refractivity contribution is 7.91. The highest BCUT2D eigenvalue weighted by Crippen LogP contribution is 2.21. The zero-order chi connectivity index (χ0) is 13.2. The Morgan fingerprint density at radius 1 is 1.33 bits per heavy atom. The molecule has 2 heterocycles. The Bertz CT molecular complexity index is 524. The monoisotopic (exact) mass is 270 g/mol. The fourth-order valence-electron chi connectivity index (χ4n) is 2.02. The maximum atomic E-state index is 11.7. The molecule has 1 aliphatic heterocycles. The number of hydrogen-bond donors (Lipinski definition) is 1. The topological polar surface area (TPSA) is 89.2 Å². The van der Waals surface area contributed by atoms with Crippen molar-refractivity contribution in [2.75, 3.05) is 29.5 Å². The van der Waals surface area contributed by atoms with E-state index in [4.69, 9.17) is 5.73 Å². The molecule has 0 atom stereocenters. The molecule has 0 amide bonds. The molecule has 0 saturated carbocycles. The average molecular weight is 270 g/mol. The molecule has 1 aliphatic rings. The van der Waals surface area contributed by atoms with Crippen LogP contribution in [0.2, 0.25) is 0 Å². The molecule has 0 aliphatic carbocycles. The van der Waals surface area contributed by atoms with Gasteiger partial charge >= 0.3 is 0 Å². The Hall–Kier alpha value is -1.37. The third kappa shape index (κ3) is 2.55. The molecule has 1 fully saturated rings. The lowest BCUT2D eigenvalue weighted by Gasteiger charge is -2.26. The highest BCUT2D eigenvalue weighted by Gasteiger charge is 2.20. The molecule has 0 unspecified atom stereocenters. The number of piperidine rings is 1. The van der Waals surface area contributed by atoms with Crippen LogP contribution in [0, 0.1) is 0 Å². The minimum absolute atomic E-state index is 0.00359. The van der Waals surface area contributed by atoms with Gasteiger partial charge in [0, 0.05) is 13.1 Å². The number of anilines is 2. The normalized spacial score (nSPS) is 16.8.